The van der Waals surface area contributed by atoms with Gasteiger partial charge in [0.25, 0.3) is 17.2 Å². The van der Waals surface area contributed by atoms with Crippen LogP contribution in [0.25, 0.3) is 15.9 Å². The van der Waals surface area contributed by atoms with Crippen molar-refractivity contribution >= 4 is 39.4 Å². The number of carbonyl (C=O) groups is 1. The van der Waals surface area contributed by atoms with Gasteiger partial charge in [0.05, 0.1) is 27.8 Å². The molecular weight excluding hydrogens is 454 g/mol. The van der Waals surface area contributed by atoms with Gasteiger partial charge in [-0.25, -0.2) is 10.4 Å². The predicted molar refractivity (Wildman–Crippen MR) is 130 cm³/mol. The van der Waals surface area contributed by atoms with E-state index in [4.69, 9.17) is 0 Å². The second kappa shape index (κ2) is 8.99. The van der Waals surface area contributed by atoms with E-state index in [-0.39, 0.29) is 22.4 Å². The Balaban J connectivity index is 1.41. The van der Waals surface area contributed by atoms with Crippen molar-refractivity contribution in [2.75, 3.05) is 0 Å². The largest absolute Gasteiger partial charge is 0.278 e. The van der Waals surface area contributed by atoms with Crippen molar-refractivity contribution < 1.29 is 9.72 Å². The average molecular weight is 474 g/mol. The van der Waals surface area contributed by atoms with Crippen molar-refractivity contribution in [1.29, 1.82) is 0 Å². The number of carbonyl (C=O) groups excluding carboxylic acids is 1. The summed E-state index contributed by atoms with van der Waals surface area (Å²) < 4.78 is 1.46. The Hall–Kier alpha value is -4.18. The highest BCUT2D eigenvalue weighted by Crippen LogP contribution is 2.33. The summed E-state index contributed by atoms with van der Waals surface area (Å²) in [6.07, 6.45) is 6.79. The summed E-state index contributed by atoms with van der Waals surface area (Å²) in [5, 5.41) is 15.6. The maximum absolute atomic E-state index is 13.3. The highest BCUT2D eigenvalue weighted by atomic mass is 32.1. The Kier molecular flexibility index (Phi) is 5.72. The molecule has 0 bridgehead atoms. The third-order valence-electron chi connectivity index (χ3n) is 5.77. The number of nitro benzene ring substituents is 1. The summed E-state index contributed by atoms with van der Waals surface area (Å²) in [6, 6.07) is 12.7. The number of aryl methyl sites for hydroxylation is 2. The predicted octanol–water partition coefficient (Wildman–Crippen LogP) is 4.00. The van der Waals surface area contributed by atoms with Crippen molar-refractivity contribution in [3.05, 3.63) is 96.9 Å². The molecule has 0 fully saturated rings. The van der Waals surface area contributed by atoms with E-state index in [1.807, 2.05) is 0 Å². The lowest BCUT2D eigenvalue weighted by molar-refractivity contribution is -0.385. The van der Waals surface area contributed by atoms with Gasteiger partial charge in [-0.2, -0.15) is 5.10 Å². The van der Waals surface area contributed by atoms with E-state index < -0.39 is 10.8 Å². The third-order valence-corrected chi connectivity index (χ3v) is 6.97. The van der Waals surface area contributed by atoms with Gasteiger partial charge >= 0.3 is 0 Å². The molecule has 2 aromatic carbocycles. The van der Waals surface area contributed by atoms with Crippen LogP contribution in [0.4, 0.5) is 5.69 Å². The third kappa shape index (κ3) is 3.99. The second-order valence-corrected chi connectivity index (χ2v) is 8.96. The zero-order chi connectivity index (χ0) is 23.7. The Morgan fingerprint density at radius 2 is 2.00 bits per heavy atom. The highest BCUT2D eigenvalue weighted by molar-refractivity contribution is 7.18. The number of para-hydroxylation sites is 1. The molecule has 0 unspecified atom stereocenters. The molecule has 0 aliphatic heterocycles. The standard InChI is InChI=1S/C24H19N5O4S/c30-22(27-26-13-16-6-1-3-10-19(16)29(32)33)15-7-5-8-17(12-15)28-14-25-23-21(24(28)31)18-9-2-4-11-20(18)34-23/h1,3,5-8,10,12-14H,2,4,9,11H2,(H,27,30)/b26-13+. The summed E-state index contributed by atoms with van der Waals surface area (Å²) in [7, 11) is 0. The first-order valence-corrected chi connectivity index (χ1v) is 11.5. The van der Waals surface area contributed by atoms with Gasteiger partial charge in [0.15, 0.2) is 0 Å². The molecule has 1 aliphatic carbocycles. The van der Waals surface area contributed by atoms with Crippen LogP contribution in [0.1, 0.15) is 39.2 Å². The number of nitrogens with zero attached hydrogens (tertiary/aromatic N) is 4. The number of rotatable bonds is 5. The van der Waals surface area contributed by atoms with Crippen LogP contribution in [0.2, 0.25) is 0 Å². The molecule has 0 saturated carbocycles. The molecule has 10 heteroatoms. The zero-order valence-electron chi connectivity index (χ0n) is 17.9. The van der Waals surface area contributed by atoms with Crippen LogP contribution in [0.15, 0.2) is 64.8 Å². The SMILES string of the molecule is O=C(N/N=C/c1ccccc1[N+](=O)[O-])c1cccc(-n2cnc3sc4c(c3c2=O)CCCC4)c1. The van der Waals surface area contributed by atoms with Gasteiger partial charge in [0.1, 0.15) is 11.2 Å². The molecule has 0 radical (unpaired) electrons. The lowest BCUT2D eigenvalue weighted by atomic mass is 9.97. The summed E-state index contributed by atoms with van der Waals surface area (Å²) in [5.74, 6) is -0.508. The smallest absolute Gasteiger partial charge is 0.268 e. The van der Waals surface area contributed by atoms with E-state index in [2.05, 4.69) is 15.5 Å². The monoisotopic (exact) mass is 473 g/mol. The topological polar surface area (TPSA) is 119 Å². The van der Waals surface area contributed by atoms with Crippen LogP contribution in [-0.2, 0) is 12.8 Å². The molecule has 1 aliphatic rings. The number of thiophene rings is 1. The van der Waals surface area contributed by atoms with Crippen molar-refractivity contribution in [2.45, 2.75) is 25.7 Å². The van der Waals surface area contributed by atoms with Crippen LogP contribution < -0.4 is 11.0 Å². The second-order valence-electron chi connectivity index (χ2n) is 7.88. The molecule has 170 valence electrons. The Morgan fingerprint density at radius 1 is 1.18 bits per heavy atom. The number of benzene rings is 2. The van der Waals surface area contributed by atoms with E-state index in [1.165, 1.54) is 34.1 Å². The van der Waals surface area contributed by atoms with Gasteiger partial charge in [-0.15, -0.1) is 11.3 Å². The van der Waals surface area contributed by atoms with Crippen molar-refractivity contribution in [1.82, 2.24) is 15.0 Å². The van der Waals surface area contributed by atoms with Crippen LogP contribution in [0.5, 0.6) is 0 Å². The molecule has 34 heavy (non-hydrogen) atoms. The van der Waals surface area contributed by atoms with Gasteiger partial charge < -0.3 is 0 Å². The Bertz CT molecular complexity index is 1520. The minimum absolute atomic E-state index is 0.111. The number of hydrogen-bond acceptors (Lipinski definition) is 7. The first-order valence-electron chi connectivity index (χ1n) is 10.7. The first kappa shape index (κ1) is 21.7. The summed E-state index contributed by atoms with van der Waals surface area (Å²) in [6.45, 7) is 0. The first-order chi connectivity index (χ1) is 16.5. The Morgan fingerprint density at radius 3 is 2.85 bits per heavy atom. The fourth-order valence-electron chi connectivity index (χ4n) is 4.11. The van der Waals surface area contributed by atoms with Gasteiger partial charge in [0, 0.05) is 16.5 Å². The number of hydrazone groups is 1. The van der Waals surface area contributed by atoms with Crippen LogP contribution >= 0.6 is 11.3 Å². The molecule has 0 spiro atoms. The minimum atomic E-state index is -0.514. The quantitative estimate of drug-likeness (QED) is 0.267. The maximum atomic E-state index is 13.3. The Labute approximate surface area is 197 Å². The minimum Gasteiger partial charge on any atom is -0.268 e. The lowest BCUT2D eigenvalue weighted by Gasteiger charge is -2.11. The van der Waals surface area contributed by atoms with Gasteiger partial charge in [-0.05, 0) is 55.5 Å². The highest BCUT2D eigenvalue weighted by Gasteiger charge is 2.20. The summed E-state index contributed by atoms with van der Waals surface area (Å²) in [5.41, 5.74) is 4.31. The fourth-order valence-corrected chi connectivity index (χ4v) is 5.33. The normalized spacial score (nSPS) is 13.2. The van der Waals surface area contributed by atoms with Crippen LogP contribution in [-0.4, -0.2) is 26.6 Å². The van der Waals surface area contributed by atoms with Gasteiger partial charge in [0.2, 0.25) is 0 Å². The molecule has 1 N–H and O–H groups in total. The zero-order valence-corrected chi connectivity index (χ0v) is 18.7. The van der Waals surface area contributed by atoms with Crippen molar-refractivity contribution in [3.63, 3.8) is 0 Å². The van der Waals surface area contributed by atoms with E-state index >= 15 is 0 Å². The van der Waals surface area contributed by atoms with E-state index in [9.17, 15) is 19.7 Å². The average Bonchev–Trinajstić information content (AvgIpc) is 3.24. The number of nitrogens with one attached hydrogen (secondary N) is 1. The number of fused-ring (bicyclic) bond motifs is 3. The summed E-state index contributed by atoms with van der Waals surface area (Å²) in [4.78, 5) is 43.0. The van der Waals surface area contributed by atoms with E-state index in [1.54, 1.807) is 47.7 Å². The molecule has 0 atom stereocenters. The molecule has 2 heterocycles. The molecule has 9 nitrogen and oxygen atoms in total. The fraction of sp³-hybridized carbons (Fsp3) is 0.167. The molecule has 5 rings (SSSR count). The van der Waals surface area contributed by atoms with Gasteiger partial charge in [-0.3, -0.25) is 24.3 Å². The van der Waals surface area contributed by atoms with Crippen molar-refractivity contribution in [2.24, 2.45) is 5.10 Å². The van der Waals surface area contributed by atoms with Crippen LogP contribution in [0.3, 0.4) is 0 Å². The molecule has 2 aromatic heterocycles. The van der Waals surface area contributed by atoms with E-state index in [0.717, 1.165) is 36.1 Å². The van der Waals surface area contributed by atoms with E-state index in [0.29, 0.717) is 11.1 Å². The molecular formula is C24H19N5O4S. The van der Waals surface area contributed by atoms with Crippen molar-refractivity contribution in [3.8, 4) is 5.69 Å². The lowest BCUT2D eigenvalue weighted by Crippen LogP contribution is -2.21. The van der Waals surface area contributed by atoms with Crippen LogP contribution in [0, 0.1) is 10.1 Å². The molecule has 4 aromatic rings. The number of nitro groups is 1. The maximum Gasteiger partial charge on any atom is 0.278 e. The van der Waals surface area contributed by atoms with Gasteiger partial charge in [-0.1, -0.05) is 18.2 Å². The number of amides is 1. The number of aromatic nitrogens is 2. The molecule has 0 saturated heterocycles. The molecule has 1 amide bonds. The summed E-state index contributed by atoms with van der Waals surface area (Å²) >= 11 is 1.59. The number of hydrogen-bond donors (Lipinski definition) is 1.